The maximum atomic E-state index is 13.3. The number of piperidine rings is 1. The van der Waals surface area contributed by atoms with Crippen LogP contribution in [0.5, 0.6) is 0 Å². The van der Waals surface area contributed by atoms with Gasteiger partial charge in [-0.15, -0.1) is 0 Å². The Hall–Kier alpha value is -2.59. The average Bonchev–Trinajstić information content (AvgIpc) is 2.73. The summed E-state index contributed by atoms with van der Waals surface area (Å²) in [6.45, 7) is 5.86. The number of aryl methyl sites for hydroxylation is 1. The molecule has 0 unspecified atom stereocenters. The minimum Gasteiger partial charge on any atom is -0.351 e. The van der Waals surface area contributed by atoms with Gasteiger partial charge >= 0.3 is 0 Å². The van der Waals surface area contributed by atoms with Crippen molar-refractivity contribution in [3.63, 3.8) is 0 Å². The molecule has 1 saturated heterocycles. The zero-order chi connectivity index (χ0) is 20.6. The van der Waals surface area contributed by atoms with E-state index < -0.39 is 0 Å². The van der Waals surface area contributed by atoms with Crippen LogP contribution in [0.1, 0.15) is 46.8 Å². The van der Waals surface area contributed by atoms with E-state index >= 15 is 0 Å². The monoisotopic (exact) mass is 408 g/mol. The Morgan fingerprint density at radius 3 is 2.59 bits per heavy atom. The van der Waals surface area contributed by atoms with Crippen LogP contribution in [0, 0.1) is 6.92 Å². The highest BCUT2D eigenvalue weighted by molar-refractivity contribution is 6.31. The van der Waals surface area contributed by atoms with Gasteiger partial charge in [-0.25, -0.2) is 0 Å². The fourth-order valence-electron chi connectivity index (χ4n) is 4.66. The Labute approximate surface area is 176 Å². The third kappa shape index (κ3) is 3.46. The van der Waals surface area contributed by atoms with E-state index in [2.05, 4.69) is 11.4 Å². The van der Waals surface area contributed by atoms with Crippen molar-refractivity contribution in [2.24, 2.45) is 0 Å². The molecule has 2 aliphatic rings. The molecule has 29 heavy (non-hydrogen) atoms. The summed E-state index contributed by atoms with van der Waals surface area (Å²) in [6.07, 6.45) is 3.57. The normalized spacial score (nSPS) is 18.4. The third-order valence-electron chi connectivity index (χ3n) is 6.34. The SMILES string of the molecule is C/C=C(/C(=O)N1CCC2(CC1)CNC(=O)c1ccccc12)c1ccc(Cl)cc1C. The van der Waals surface area contributed by atoms with Crippen molar-refractivity contribution >= 4 is 29.0 Å². The standard InChI is InChI=1S/C24H25ClN2O2/c1-3-18(19-9-8-17(25)14-16(19)2)23(29)27-12-10-24(11-13-27)15-26-22(28)20-6-4-5-7-21(20)24/h3-9,14H,10-13,15H2,1-2H3,(H,26,28)/b18-3+. The summed E-state index contributed by atoms with van der Waals surface area (Å²) in [6, 6.07) is 13.5. The number of nitrogens with zero attached hydrogens (tertiary/aromatic N) is 1. The predicted molar refractivity (Wildman–Crippen MR) is 116 cm³/mol. The fraction of sp³-hybridized carbons (Fsp3) is 0.333. The van der Waals surface area contributed by atoms with Gasteiger partial charge in [-0.1, -0.05) is 41.9 Å². The van der Waals surface area contributed by atoms with Crippen LogP contribution in [0.4, 0.5) is 0 Å². The first-order valence-corrected chi connectivity index (χ1v) is 10.4. The molecular weight excluding hydrogens is 384 g/mol. The van der Waals surface area contributed by atoms with Crippen molar-refractivity contribution in [3.8, 4) is 0 Å². The lowest BCUT2D eigenvalue weighted by atomic mass is 9.69. The van der Waals surface area contributed by atoms with Crippen LogP contribution in [0.15, 0.2) is 48.5 Å². The first-order valence-electron chi connectivity index (χ1n) is 10.0. The average molecular weight is 409 g/mol. The summed E-state index contributed by atoms with van der Waals surface area (Å²) in [7, 11) is 0. The summed E-state index contributed by atoms with van der Waals surface area (Å²) in [4.78, 5) is 27.5. The number of amides is 2. The van der Waals surface area contributed by atoms with Gasteiger partial charge < -0.3 is 10.2 Å². The van der Waals surface area contributed by atoms with E-state index in [0.717, 1.165) is 35.1 Å². The summed E-state index contributed by atoms with van der Waals surface area (Å²) in [5, 5.41) is 3.72. The van der Waals surface area contributed by atoms with E-state index in [1.54, 1.807) is 0 Å². The number of fused-ring (bicyclic) bond motifs is 2. The molecule has 2 aromatic carbocycles. The predicted octanol–water partition coefficient (Wildman–Crippen LogP) is 4.36. The molecule has 2 amide bonds. The Morgan fingerprint density at radius 1 is 1.17 bits per heavy atom. The Morgan fingerprint density at radius 2 is 1.90 bits per heavy atom. The van der Waals surface area contributed by atoms with Gasteiger partial charge in [0.15, 0.2) is 0 Å². The number of hydrogen-bond donors (Lipinski definition) is 1. The quantitative estimate of drug-likeness (QED) is 0.751. The number of carbonyl (C=O) groups excluding carboxylic acids is 2. The highest BCUT2D eigenvalue weighted by Gasteiger charge is 2.42. The molecule has 0 aromatic heterocycles. The molecule has 1 N–H and O–H groups in total. The highest BCUT2D eigenvalue weighted by atomic mass is 35.5. The van der Waals surface area contributed by atoms with E-state index in [1.807, 2.05) is 61.2 Å². The zero-order valence-corrected chi connectivity index (χ0v) is 17.6. The summed E-state index contributed by atoms with van der Waals surface area (Å²) in [5.41, 5.74) is 4.44. The maximum absolute atomic E-state index is 13.3. The van der Waals surface area contributed by atoms with Crippen molar-refractivity contribution in [1.29, 1.82) is 0 Å². The molecule has 1 fully saturated rings. The minimum absolute atomic E-state index is 0.000790. The molecular formula is C24H25ClN2O2. The van der Waals surface area contributed by atoms with E-state index in [0.29, 0.717) is 30.2 Å². The lowest BCUT2D eigenvalue weighted by Crippen LogP contribution is -2.53. The first-order chi connectivity index (χ1) is 13.9. The molecule has 0 bridgehead atoms. The Balaban J connectivity index is 1.55. The van der Waals surface area contributed by atoms with Crippen molar-refractivity contribution in [2.45, 2.75) is 32.1 Å². The highest BCUT2D eigenvalue weighted by Crippen LogP contribution is 2.39. The first kappa shape index (κ1) is 19.7. The maximum Gasteiger partial charge on any atom is 0.254 e. The largest absolute Gasteiger partial charge is 0.351 e. The van der Waals surface area contributed by atoms with Crippen molar-refractivity contribution in [1.82, 2.24) is 10.2 Å². The van der Waals surface area contributed by atoms with Crippen molar-refractivity contribution < 1.29 is 9.59 Å². The molecule has 0 radical (unpaired) electrons. The van der Waals surface area contributed by atoms with Gasteiger partial charge in [0.05, 0.1) is 0 Å². The molecule has 5 heteroatoms. The Kier molecular flexibility index (Phi) is 5.22. The van der Waals surface area contributed by atoms with Crippen LogP contribution in [-0.4, -0.2) is 36.3 Å². The van der Waals surface area contributed by atoms with E-state index in [1.165, 1.54) is 0 Å². The van der Waals surface area contributed by atoms with E-state index in [-0.39, 0.29) is 17.2 Å². The second-order valence-corrected chi connectivity index (χ2v) is 8.40. The molecule has 0 aliphatic carbocycles. The molecule has 2 aliphatic heterocycles. The third-order valence-corrected chi connectivity index (χ3v) is 6.57. The van der Waals surface area contributed by atoms with E-state index in [9.17, 15) is 9.59 Å². The van der Waals surface area contributed by atoms with Crippen LogP contribution in [0.25, 0.3) is 5.57 Å². The van der Waals surface area contributed by atoms with Gasteiger partial charge in [0, 0.05) is 41.2 Å². The van der Waals surface area contributed by atoms with Crippen molar-refractivity contribution in [2.75, 3.05) is 19.6 Å². The number of halogens is 1. The van der Waals surface area contributed by atoms with Crippen molar-refractivity contribution in [3.05, 3.63) is 75.8 Å². The summed E-state index contributed by atoms with van der Waals surface area (Å²) < 4.78 is 0. The number of hydrogen-bond acceptors (Lipinski definition) is 2. The van der Waals surface area contributed by atoms with Gasteiger partial charge in [-0.2, -0.15) is 0 Å². The topological polar surface area (TPSA) is 49.4 Å². The number of allylic oxidation sites excluding steroid dienone is 1. The fourth-order valence-corrected chi connectivity index (χ4v) is 4.89. The molecule has 0 saturated carbocycles. The molecule has 0 atom stereocenters. The summed E-state index contributed by atoms with van der Waals surface area (Å²) >= 11 is 6.08. The van der Waals surface area contributed by atoms with Crippen LogP contribution >= 0.6 is 11.6 Å². The second-order valence-electron chi connectivity index (χ2n) is 7.96. The summed E-state index contributed by atoms with van der Waals surface area (Å²) in [5.74, 6) is 0.0556. The van der Waals surface area contributed by atoms with Crippen LogP contribution in [0.2, 0.25) is 5.02 Å². The van der Waals surface area contributed by atoms with Gasteiger partial charge in [0.1, 0.15) is 0 Å². The minimum atomic E-state index is -0.0897. The van der Waals surface area contributed by atoms with Gasteiger partial charge in [-0.05, 0) is 61.6 Å². The van der Waals surface area contributed by atoms with Crippen LogP contribution in [-0.2, 0) is 10.2 Å². The molecule has 150 valence electrons. The smallest absolute Gasteiger partial charge is 0.254 e. The number of carbonyl (C=O) groups is 2. The Bertz CT molecular complexity index is 1000. The molecule has 2 aromatic rings. The zero-order valence-electron chi connectivity index (χ0n) is 16.8. The lowest BCUT2D eigenvalue weighted by molar-refractivity contribution is -0.126. The molecule has 1 spiro atoms. The lowest BCUT2D eigenvalue weighted by Gasteiger charge is -2.45. The number of likely N-dealkylation sites (tertiary alicyclic amines) is 1. The van der Waals surface area contributed by atoms with E-state index in [4.69, 9.17) is 11.6 Å². The van der Waals surface area contributed by atoms with Gasteiger partial charge in [0.25, 0.3) is 11.8 Å². The van der Waals surface area contributed by atoms with Crippen LogP contribution < -0.4 is 5.32 Å². The molecule has 4 rings (SSSR count). The number of benzene rings is 2. The molecule has 2 heterocycles. The number of nitrogens with one attached hydrogen (secondary N) is 1. The number of rotatable bonds is 2. The second kappa shape index (κ2) is 7.68. The van der Waals surface area contributed by atoms with Crippen LogP contribution in [0.3, 0.4) is 0 Å². The van der Waals surface area contributed by atoms with Gasteiger partial charge in [-0.3, -0.25) is 9.59 Å². The molecule has 4 nitrogen and oxygen atoms in total. The van der Waals surface area contributed by atoms with Gasteiger partial charge in [0.2, 0.25) is 0 Å².